The summed E-state index contributed by atoms with van der Waals surface area (Å²) >= 11 is 12.4. The van der Waals surface area contributed by atoms with Gasteiger partial charge in [-0.3, -0.25) is 0 Å². The van der Waals surface area contributed by atoms with E-state index in [0.717, 1.165) is 11.1 Å². The maximum atomic E-state index is 11.9. The zero-order valence-corrected chi connectivity index (χ0v) is 14.4. The normalized spacial score (nSPS) is 10.6. The molecular weight excluding hydrogens is 347 g/mol. The molecule has 0 radical (unpaired) electrons. The Kier molecular flexibility index (Phi) is 4.88. The monoisotopic (exact) mass is 360 g/mol. The lowest BCUT2D eigenvalue weighted by Gasteiger charge is -2.12. The Labute approximate surface area is 149 Å². The van der Waals surface area contributed by atoms with Gasteiger partial charge in [-0.15, -0.1) is 0 Å². The van der Waals surface area contributed by atoms with Gasteiger partial charge in [0.1, 0.15) is 5.82 Å². The van der Waals surface area contributed by atoms with Crippen molar-refractivity contribution < 1.29 is 9.53 Å². The highest BCUT2D eigenvalue weighted by molar-refractivity contribution is 6.43. The summed E-state index contributed by atoms with van der Waals surface area (Å²) in [6.45, 7) is 0.462. The van der Waals surface area contributed by atoms with Gasteiger partial charge in [0, 0.05) is 24.5 Å². The van der Waals surface area contributed by atoms with Gasteiger partial charge < -0.3 is 9.30 Å². The van der Waals surface area contributed by atoms with Crippen LogP contribution in [0.1, 0.15) is 15.9 Å². The summed E-state index contributed by atoms with van der Waals surface area (Å²) in [6.07, 6.45) is 3.52. The summed E-state index contributed by atoms with van der Waals surface area (Å²) in [7, 11) is 1.37. The maximum absolute atomic E-state index is 11.9. The van der Waals surface area contributed by atoms with Crippen LogP contribution in [-0.2, 0) is 11.3 Å². The fourth-order valence-electron chi connectivity index (χ4n) is 2.51. The second-order valence-corrected chi connectivity index (χ2v) is 5.91. The first-order valence-electron chi connectivity index (χ1n) is 7.23. The lowest BCUT2D eigenvalue weighted by Crippen LogP contribution is -2.09. The predicted octanol–water partition coefficient (Wildman–Crippen LogP) is 4.69. The average molecular weight is 361 g/mol. The van der Waals surface area contributed by atoms with Crippen molar-refractivity contribution in [3.63, 3.8) is 0 Å². The van der Waals surface area contributed by atoms with Crippen LogP contribution in [-0.4, -0.2) is 22.6 Å². The number of hydrogen-bond donors (Lipinski definition) is 0. The Morgan fingerprint density at radius 1 is 1.17 bits per heavy atom. The number of nitrogens with zero attached hydrogens (tertiary/aromatic N) is 2. The van der Waals surface area contributed by atoms with Crippen LogP contribution >= 0.6 is 23.2 Å². The molecule has 0 spiro atoms. The number of benzene rings is 2. The molecule has 24 heavy (non-hydrogen) atoms. The molecule has 0 aliphatic heterocycles. The first-order valence-corrected chi connectivity index (χ1v) is 7.99. The Morgan fingerprint density at radius 2 is 1.96 bits per heavy atom. The van der Waals surface area contributed by atoms with Gasteiger partial charge in [-0.2, -0.15) is 0 Å². The van der Waals surface area contributed by atoms with Crippen LogP contribution in [0.3, 0.4) is 0 Å². The standard InChI is InChI=1S/C18H14Cl2N2O2/c1-24-18(23)13-6-3-2-5-12(13)11-22-10-9-21-17(22)14-7-4-8-15(19)16(14)20/h2-10H,11H2,1H3. The number of esters is 1. The number of carbonyl (C=O) groups is 1. The van der Waals surface area contributed by atoms with Crippen LogP contribution in [0.25, 0.3) is 11.4 Å². The lowest BCUT2D eigenvalue weighted by atomic mass is 10.1. The molecule has 3 aromatic rings. The van der Waals surface area contributed by atoms with E-state index in [1.54, 1.807) is 24.4 Å². The summed E-state index contributed by atoms with van der Waals surface area (Å²) in [6, 6.07) is 12.7. The van der Waals surface area contributed by atoms with Gasteiger partial charge in [-0.1, -0.05) is 47.5 Å². The van der Waals surface area contributed by atoms with E-state index in [2.05, 4.69) is 4.98 Å². The van der Waals surface area contributed by atoms with Crippen LogP contribution in [0.15, 0.2) is 54.9 Å². The number of carbonyl (C=O) groups excluding carboxylic acids is 1. The van der Waals surface area contributed by atoms with Crippen molar-refractivity contribution in [1.82, 2.24) is 9.55 Å². The van der Waals surface area contributed by atoms with Crippen LogP contribution in [0.2, 0.25) is 10.0 Å². The molecule has 0 fully saturated rings. The average Bonchev–Trinajstić information content (AvgIpc) is 3.05. The summed E-state index contributed by atoms with van der Waals surface area (Å²) < 4.78 is 6.76. The molecule has 2 aromatic carbocycles. The van der Waals surface area contributed by atoms with Crippen molar-refractivity contribution in [1.29, 1.82) is 0 Å². The smallest absolute Gasteiger partial charge is 0.338 e. The minimum atomic E-state index is -0.368. The van der Waals surface area contributed by atoms with Crippen molar-refractivity contribution in [2.24, 2.45) is 0 Å². The number of hydrogen-bond acceptors (Lipinski definition) is 3. The van der Waals surface area contributed by atoms with E-state index in [-0.39, 0.29) is 5.97 Å². The largest absolute Gasteiger partial charge is 0.465 e. The molecule has 3 rings (SSSR count). The molecule has 0 bridgehead atoms. The Bertz CT molecular complexity index is 890. The molecule has 0 atom stereocenters. The number of ether oxygens (including phenoxy) is 1. The van der Waals surface area contributed by atoms with E-state index in [4.69, 9.17) is 27.9 Å². The van der Waals surface area contributed by atoms with Gasteiger partial charge in [-0.25, -0.2) is 9.78 Å². The molecule has 6 heteroatoms. The fraction of sp³-hybridized carbons (Fsp3) is 0.111. The molecule has 0 N–H and O–H groups in total. The highest BCUT2D eigenvalue weighted by Crippen LogP contribution is 2.32. The topological polar surface area (TPSA) is 44.1 Å². The lowest BCUT2D eigenvalue weighted by molar-refractivity contribution is 0.0599. The SMILES string of the molecule is COC(=O)c1ccccc1Cn1ccnc1-c1cccc(Cl)c1Cl. The van der Waals surface area contributed by atoms with Gasteiger partial charge in [-0.05, 0) is 23.8 Å². The van der Waals surface area contributed by atoms with Gasteiger partial charge >= 0.3 is 5.97 Å². The zero-order valence-electron chi connectivity index (χ0n) is 12.9. The Balaban J connectivity index is 2.01. The second-order valence-electron chi connectivity index (χ2n) is 5.13. The van der Waals surface area contributed by atoms with Crippen LogP contribution in [0.5, 0.6) is 0 Å². The summed E-state index contributed by atoms with van der Waals surface area (Å²) in [5, 5.41) is 0.923. The summed E-state index contributed by atoms with van der Waals surface area (Å²) in [5.41, 5.74) is 2.10. The predicted molar refractivity (Wildman–Crippen MR) is 94.6 cm³/mol. The van der Waals surface area contributed by atoms with Crippen LogP contribution < -0.4 is 0 Å². The number of aromatic nitrogens is 2. The summed E-state index contributed by atoms with van der Waals surface area (Å²) in [5.74, 6) is 0.315. The molecule has 0 saturated carbocycles. The number of rotatable bonds is 4. The Morgan fingerprint density at radius 3 is 2.75 bits per heavy atom. The molecule has 122 valence electrons. The van der Waals surface area contributed by atoms with Crippen molar-refractivity contribution in [2.75, 3.05) is 7.11 Å². The zero-order chi connectivity index (χ0) is 17.1. The second kappa shape index (κ2) is 7.07. The molecule has 0 aliphatic carbocycles. The highest BCUT2D eigenvalue weighted by atomic mass is 35.5. The first-order chi connectivity index (χ1) is 11.6. The molecular formula is C18H14Cl2N2O2. The third-order valence-electron chi connectivity index (χ3n) is 3.67. The van der Waals surface area contributed by atoms with Crippen molar-refractivity contribution in [3.8, 4) is 11.4 Å². The molecule has 0 unspecified atom stereocenters. The van der Waals surface area contributed by atoms with E-state index < -0.39 is 0 Å². The molecule has 4 nitrogen and oxygen atoms in total. The summed E-state index contributed by atoms with van der Waals surface area (Å²) in [4.78, 5) is 16.3. The molecule has 0 aliphatic rings. The molecule has 1 aromatic heterocycles. The minimum absolute atomic E-state index is 0.368. The molecule has 0 saturated heterocycles. The van der Waals surface area contributed by atoms with Crippen LogP contribution in [0.4, 0.5) is 0 Å². The number of halogens is 2. The van der Waals surface area contributed by atoms with Crippen molar-refractivity contribution in [3.05, 3.63) is 76.0 Å². The Hall–Kier alpha value is -2.30. The number of methoxy groups -OCH3 is 1. The third kappa shape index (κ3) is 3.16. The van der Waals surface area contributed by atoms with E-state index in [9.17, 15) is 4.79 Å². The molecule has 1 heterocycles. The van der Waals surface area contributed by atoms with Gasteiger partial charge in [0.25, 0.3) is 0 Å². The first kappa shape index (κ1) is 16.6. The maximum Gasteiger partial charge on any atom is 0.338 e. The highest BCUT2D eigenvalue weighted by Gasteiger charge is 2.15. The van der Waals surface area contributed by atoms with Gasteiger partial charge in [0.05, 0.1) is 22.7 Å². The fourth-order valence-corrected chi connectivity index (χ4v) is 2.89. The van der Waals surface area contributed by atoms with E-state index in [0.29, 0.717) is 28.0 Å². The minimum Gasteiger partial charge on any atom is -0.465 e. The quantitative estimate of drug-likeness (QED) is 0.633. The van der Waals surface area contributed by atoms with Gasteiger partial charge in [0.2, 0.25) is 0 Å². The van der Waals surface area contributed by atoms with Crippen LogP contribution in [0, 0.1) is 0 Å². The van der Waals surface area contributed by atoms with E-state index >= 15 is 0 Å². The molecule has 0 amide bonds. The van der Waals surface area contributed by atoms with E-state index in [1.165, 1.54) is 7.11 Å². The van der Waals surface area contributed by atoms with E-state index in [1.807, 2.05) is 35.0 Å². The van der Waals surface area contributed by atoms with Crippen molar-refractivity contribution >= 4 is 29.2 Å². The van der Waals surface area contributed by atoms with Crippen molar-refractivity contribution in [2.45, 2.75) is 6.54 Å². The number of imidazole rings is 1. The van der Waals surface area contributed by atoms with Gasteiger partial charge in [0.15, 0.2) is 0 Å². The third-order valence-corrected chi connectivity index (χ3v) is 4.49.